The second kappa shape index (κ2) is 7.60. The van der Waals surface area contributed by atoms with Gasteiger partial charge in [0.1, 0.15) is 6.10 Å². The van der Waals surface area contributed by atoms with Crippen molar-refractivity contribution in [3.05, 3.63) is 21.3 Å². The molecule has 1 aliphatic heterocycles. The molecule has 108 valence electrons. The molecule has 0 bridgehead atoms. The molecule has 1 aliphatic rings. The molecule has 2 atom stereocenters. The van der Waals surface area contributed by atoms with Gasteiger partial charge in [-0.15, -0.1) is 11.3 Å². The van der Waals surface area contributed by atoms with Crippen LogP contribution in [0.4, 0.5) is 0 Å². The summed E-state index contributed by atoms with van der Waals surface area (Å²) in [5.74, 6) is 0.593. The van der Waals surface area contributed by atoms with Crippen LogP contribution < -0.4 is 5.73 Å². The molecule has 0 aromatic carbocycles. The summed E-state index contributed by atoms with van der Waals surface area (Å²) in [5.41, 5.74) is 6.19. The Morgan fingerprint density at radius 3 is 2.79 bits per heavy atom. The molecule has 0 saturated carbocycles. The summed E-state index contributed by atoms with van der Waals surface area (Å²) >= 11 is 7.57. The van der Waals surface area contributed by atoms with Gasteiger partial charge in [0.2, 0.25) is 0 Å². The van der Waals surface area contributed by atoms with Crippen molar-refractivity contribution in [1.82, 2.24) is 0 Å². The number of hydrogen-bond donors (Lipinski definition) is 1. The van der Waals surface area contributed by atoms with Gasteiger partial charge in [-0.1, -0.05) is 18.5 Å². The Labute approximate surface area is 124 Å². The van der Waals surface area contributed by atoms with Gasteiger partial charge in [0.25, 0.3) is 0 Å². The van der Waals surface area contributed by atoms with Gasteiger partial charge in [-0.05, 0) is 37.3 Å². The molecule has 1 aromatic heterocycles. The average molecular weight is 304 g/mol. The zero-order chi connectivity index (χ0) is 13.7. The highest BCUT2D eigenvalue weighted by Crippen LogP contribution is 2.32. The largest absolute Gasteiger partial charge is 0.381 e. The molecule has 2 rings (SSSR count). The van der Waals surface area contributed by atoms with E-state index in [4.69, 9.17) is 26.8 Å². The minimum absolute atomic E-state index is 0.0227. The van der Waals surface area contributed by atoms with Crippen LogP contribution in [0.1, 0.15) is 37.2 Å². The Bertz CT molecular complexity index is 379. The number of nitrogens with two attached hydrogens (primary N) is 1. The van der Waals surface area contributed by atoms with Crippen molar-refractivity contribution >= 4 is 22.9 Å². The van der Waals surface area contributed by atoms with Gasteiger partial charge < -0.3 is 15.2 Å². The fourth-order valence-electron chi connectivity index (χ4n) is 2.26. The maximum atomic E-state index is 6.19. The lowest BCUT2D eigenvalue weighted by atomic mass is 10.0. The number of halogens is 1. The highest BCUT2D eigenvalue weighted by molar-refractivity contribution is 7.16. The smallest absolute Gasteiger partial charge is 0.107 e. The molecule has 2 N–H and O–H groups in total. The molecule has 1 saturated heterocycles. The first-order chi connectivity index (χ1) is 9.20. The molecule has 2 unspecified atom stereocenters. The van der Waals surface area contributed by atoms with Gasteiger partial charge in [-0.2, -0.15) is 0 Å². The van der Waals surface area contributed by atoms with Crippen molar-refractivity contribution in [3.8, 4) is 0 Å². The van der Waals surface area contributed by atoms with E-state index >= 15 is 0 Å². The predicted octanol–water partition coefficient (Wildman–Crippen LogP) is 3.62. The van der Waals surface area contributed by atoms with Gasteiger partial charge in [0.15, 0.2) is 0 Å². The molecular formula is C14H22ClNO2S. The number of hydrogen-bond acceptors (Lipinski definition) is 4. The van der Waals surface area contributed by atoms with E-state index in [1.165, 1.54) is 0 Å². The molecule has 0 spiro atoms. The maximum absolute atomic E-state index is 6.19. The van der Waals surface area contributed by atoms with Crippen LogP contribution in [-0.2, 0) is 9.47 Å². The topological polar surface area (TPSA) is 44.5 Å². The van der Waals surface area contributed by atoms with Crippen LogP contribution in [0.15, 0.2) is 12.1 Å². The summed E-state index contributed by atoms with van der Waals surface area (Å²) in [7, 11) is 0. The Kier molecular flexibility index (Phi) is 6.10. The third-order valence-electron chi connectivity index (χ3n) is 3.59. The molecule has 0 amide bonds. The normalized spacial score (nSPS) is 20.4. The van der Waals surface area contributed by atoms with Crippen LogP contribution in [0.2, 0.25) is 4.34 Å². The molecule has 3 nitrogen and oxygen atoms in total. The first-order valence-electron chi connectivity index (χ1n) is 6.91. The maximum Gasteiger partial charge on any atom is 0.107 e. The fourth-order valence-corrected chi connectivity index (χ4v) is 3.45. The number of thiophene rings is 1. The van der Waals surface area contributed by atoms with Crippen LogP contribution in [0.5, 0.6) is 0 Å². The Hall–Kier alpha value is -0.130. The first-order valence-corrected chi connectivity index (χ1v) is 8.10. The molecule has 19 heavy (non-hydrogen) atoms. The third kappa shape index (κ3) is 4.43. The summed E-state index contributed by atoms with van der Waals surface area (Å²) < 4.78 is 12.3. The average Bonchev–Trinajstić information content (AvgIpc) is 2.86. The highest BCUT2D eigenvalue weighted by Gasteiger charge is 2.23. The standard InChI is InChI=1S/C14H22ClNO2S/c1-2-11(16)14(12-3-4-13(15)19-12)18-9-10-5-7-17-8-6-10/h3-4,10-11,14H,2,5-9,16H2,1H3. The predicted molar refractivity (Wildman–Crippen MR) is 79.8 cm³/mol. The van der Waals surface area contributed by atoms with Crippen LogP contribution in [0, 0.1) is 5.92 Å². The van der Waals surface area contributed by atoms with E-state index in [1.54, 1.807) is 11.3 Å². The molecule has 5 heteroatoms. The number of rotatable bonds is 6. The van der Waals surface area contributed by atoms with E-state index in [9.17, 15) is 0 Å². The highest BCUT2D eigenvalue weighted by atomic mass is 35.5. The van der Waals surface area contributed by atoms with Crippen molar-refractivity contribution in [2.75, 3.05) is 19.8 Å². The molecule has 2 heterocycles. The summed E-state index contributed by atoms with van der Waals surface area (Å²) in [6.45, 7) is 4.55. The van der Waals surface area contributed by atoms with Crippen molar-refractivity contribution < 1.29 is 9.47 Å². The third-order valence-corrected chi connectivity index (χ3v) is 4.88. The van der Waals surface area contributed by atoms with Crippen LogP contribution in [-0.4, -0.2) is 25.9 Å². The van der Waals surface area contributed by atoms with Gasteiger partial charge in [0.05, 0.1) is 10.9 Å². The second-order valence-corrected chi connectivity index (χ2v) is 6.77. The number of ether oxygens (including phenoxy) is 2. The van der Waals surface area contributed by atoms with Crippen molar-refractivity contribution in [3.63, 3.8) is 0 Å². The van der Waals surface area contributed by atoms with Gasteiger partial charge >= 0.3 is 0 Å². The van der Waals surface area contributed by atoms with Crippen LogP contribution >= 0.6 is 22.9 Å². The van der Waals surface area contributed by atoms with Crippen molar-refractivity contribution in [1.29, 1.82) is 0 Å². The zero-order valence-electron chi connectivity index (χ0n) is 11.3. The molecule has 1 aromatic rings. The van der Waals surface area contributed by atoms with E-state index in [0.717, 1.165) is 48.3 Å². The van der Waals surface area contributed by atoms with E-state index in [-0.39, 0.29) is 12.1 Å². The minimum Gasteiger partial charge on any atom is -0.381 e. The van der Waals surface area contributed by atoms with E-state index in [2.05, 4.69) is 6.92 Å². The van der Waals surface area contributed by atoms with Gasteiger partial charge in [0, 0.05) is 24.1 Å². The monoisotopic (exact) mass is 303 g/mol. The van der Waals surface area contributed by atoms with E-state index in [0.29, 0.717) is 5.92 Å². The van der Waals surface area contributed by atoms with Crippen LogP contribution in [0.3, 0.4) is 0 Å². The molecule has 0 aliphatic carbocycles. The lowest BCUT2D eigenvalue weighted by Gasteiger charge is -2.27. The molecule has 1 fully saturated rings. The van der Waals surface area contributed by atoms with Gasteiger partial charge in [-0.25, -0.2) is 0 Å². The zero-order valence-corrected chi connectivity index (χ0v) is 12.9. The minimum atomic E-state index is -0.0367. The van der Waals surface area contributed by atoms with E-state index < -0.39 is 0 Å². The van der Waals surface area contributed by atoms with Crippen LogP contribution in [0.25, 0.3) is 0 Å². The van der Waals surface area contributed by atoms with E-state index in [1.807, 2.05) is 12.1 Å². The first kappa shape index (κ1) is 15.3. The lowest BCUT2D eigenvalue weighted by Crippen LogP contribution is -2.31. The summed E-state index contributed by atoms with van der Waals surface area (Å²) in [6.07, 6.45) is 3.03. The Morgan fingerprint density at radius 1 is 1.47 bits per heavy atom. The second-order valence-electron chi connectivity index (χ2n) is 5.02. The summed E-state index contributed by atoms with van der Waals surface area (Å²) in [4.78, 5) is 1.13. The summed E-state index contributed by atoms with van der Waals surface area (Å²) in [6, 6.07) is 3.96. The fraction of sp³-hybridized carbons (Fsp3) is 0.714. The SMILES string of the molecule is CCC(N)C(OCC1CCOCC1)c1ccc(Cl)s1. The van der Waals surface area contributed by atoms with Gasteiger partial charge in [-0.3, -0.25) is 0 Å². The quantitative estimate of drug-likeness (QED) is 0.873. The Morgan fingerprint density at radius 2 is 2.21 bits per heavy atom. The molecular weight excluding hydrogens is 282 g/mol. The van der Waals surface area contributed by atoms with Crippen molar-refractivity contribution in [2.45, 2.75) is 38.3 Å². The Balaban J connectivity index is 1.93. The summed E-state index contributed by atoms with van der Waals surface area (Å²) in [5, 5.41) is 0. The van der Waals surface area contributed by atoms with Crippen molar-refractivity contribution in [2.24, 2.45) is 11.7 Å². The lowest BCUT2D eigenvalue weighted by molar-refractivity contribution is -0.0198. The molecule has 0 radical (unpaired) electrons.